The molecule has 1 aliphatic heterocycles. The van der Waals surface area contributed by atoms with E-state index < -0.39 is 0 Å². The number of aromatic hydroxyl groups is 1. The molecule has 1 aliphatic rings. The molecule has 0 unspecified atom stereocenters. The van der Waals surface area contributed by atoms with Crippen LogP contribution in [0.5, 0.6) is 5.75 Å². The van der Waals surface area contributed by atoms with Crippen LogP contribution in [0.25, 0.3) is 0 Å². The van der Waals surface area contributed by atoms with Crippen molar-refractivity contribution in [2.45, 2.75) is 18.4 Å². The van der Waals surface area contributed by atoms with Crippen LogP contribution in [0.1, 0.15) is 29.5 Å². The summed E-state index contributed by atoms with van der Waals surface area (Å²) in [5.41, 5.74) is 2.19. The number of likely N-dealkylation sites (N-methyl/N-ethyl adjacent to an activating group) is 1. The third-order valence-electron chi connectivity index (χ3n) is 4.26. The monoisotopic (exact) mass is 365 g/mol. The second-order valence-electron chi connectivity index (χ2n) is 5.55. The third kappa shape index (κ3) is 2.83. The van der Waals surface area contributed by atoms with E-state index in [4.69, 9.17) is 11.6 Å². The van der Waals surface area contributed by atoms with E-state index in [9.17, 15) is 5.11 Å². The van der Waals surface area contributed by atoms with Crippen LogP contribution in [0, 0.1) is 0 Å². The summed E-state index contributed by atoms with van der Waals surface area (Å²) in [6.07, 6.45) is 1.05. The number of hydrogen-bond acceptors (Lipinski definition) is 2. The lowest BCUT2D eigenvalue weighted by molar-refractivity contribution is 0.295. The van der Waals surface area contributed by atoms with Crippen molar-refractivity contribution >= 4 is 27.5 Å². The summed E-state index contributed by atoms with van der Waals surface area (Å²) in [5.74, 6) is 0.677. The second kappa shape index (κ2) is 5.99. The molecule has 110 valence electrons. The molecule has 0 amide bonds. The largest absolute Gasteiger partial charge is 0.508 e. The molecule has 0 bridgehead atoms. The van der Waals surface area contributed by atoms with E-state index >= 15 is 0 Å². The molecule has 1 saturated heterocycles. The zero-order chi connectivity index (χ0) is 15.0. The van der Waals surface area contributed by atoms with Crippen molar-refractivity contribution in [3.63, 3.8) is 0 Å². The first-order valence-electron chi connectivity index (χ1n) is 7.01. The van der Waals surface area contributed by atoms with E-state index in [-0.39, 0.29) is 6.04 Å². The Kier molecular flexibility index (Phi) is 4.25. The predicted molar refractivity (Wildman–Crippen MR) is 90.0 cm³/mol. The molecule has 1 fully saturated rings. The average molecular weight is 367 g/mol. The Bertz CT molecular complexity index is 661. The molecule has 21 heavy (non-hydrogen) atoms. The number of phenols is 1. The van der Waals surface area contributed by atoms with Gasteiger partial charge < -0.3 is 5.11 Å². The van der Waals surface area contributed by atoms with Gasteiger partial charge in [-0.05, 0) is 49.8 Å². The molecule has 2 atom stereocenters. The van der Waals surface area contributed by atoms with Crippen molar-refractivity contribution in [2.24, 2.45) is 0 Å². The Balaban J connectivity index is 2.06. The SMILES string of the molecule is CN1CC[C@H](c2cc(Cl)ccc2Br)[C@H]1c1ccccc1O. The summed E-state index contributed by atoms with van der Waals surface area (Å²) in [5, 5.41) is 11.0. The van der Waals surface area contributed by atoms with Gasteiger partial charge in [0.2, 0.25) is 0 Å². The van der Waals surface area contributed by atoms with Crippen molar-refractivity contribution in [2.75, 3.05) is 13.6 Å². The fourth-order valence-corrected chi connectivity index (χ4v) is 3.98. The Morgan fingerprint density at radius 1 is 1.19 bits per heavy atom. The van der Waals surface area contributed by atoms with Crippen LogP contribution < -0.4 is 0 Å². The number of likely N-dealkylation sites (tertiary alicyclic amines) is 1. The summed E-state index contributed by atoms with van der Waals surface area (Å²) in [6, 6.07) is 13.7. The zero-order valence-electron chi connectivity index (χ0n) is 11.8. The Labute approximate surface area is 138 Å². The molecular weight excluding hydrogens is 350 g/mol. The summed E-state index contributed by atoms with van der Waals surface area (Å²) in [4.78, 5) is 2.30. The van der Waals surface area contributed by atoms with Gasteiger partial charge in [0.25, 0.3) is 0 Å². The summed E-state index contributed by atoms with van der Waals surface area (Å²) in [6.45, 7) is 1.00. The molecule has 4 heteroatoms. The number of halogens is 2. The van der Waals surface area contributed by atoms with Gasteiger partial charge in [-0.15, -0.1) is 0 Å². The van der Waals surface area contributed by atoms with Crippen LogP contribution in [0.3, 0.4) is 0 Å². The maximum atomic E-state index is 10.2. The highest BCUT2D eigenvalue weighted by Crippen LogP contribution is 2.47. The normalized spacial score (nSPS) is 22.6. The number of para-hydroxylation sites is 1. The molecule has 1 heterocycles. The van der Waals surface area contributed by atoms with Crippen molar-refractivity contribution in [1.29, 1.82) is 0 Å². The zero-order valence-corrected chi connectivity index (χ0v) is 14.1. The Morgan fingerprint density at radius 3 is 2.71 bits per heavy atom. The molecule has 0 spiro atoms. The van der Waals surface area contributed by atoms with Gasteiger partial charge in [-0.2, -0.15) is 0 Å². The van der Waals surface area contributed by atoms with Gasteiger partial charge in [-0.3, -0.25) is 4.90 Å². The van der Waals surface area contributed by atoms with Gasteiger partial charge in [0.1, 0.15) is 5.75 Å². The van der Waals surface area contributed by atoms with E-state index in [0.29, 0.717) is 11.7 Å². The third-order valence-corrected chi connectivity index (χ3v) is 5.22. The van der Waals surface area contributed by atoms with Crippen molar-refractivity contribution in [3.05, 3.63) is 63.1 Å². The second-order valence-corrected chi connectivity index (χ2v) is 6.84. The molecule has 0 radical (unpaired) electrons. The fourth-order valence-electron chi connectivity index (χ4n) is 3.26. The number of nitrogens with zero attached hydrogens (tertiary/aromatic N) is 1. The lowest BCUT2D eigenvalue weighted by Crippen LogP contribution is -2.20. The number of phenolic OH excluding ortho intramolecular Hbond substituents is 1. The molecule has 0 saturated carbocycles. The van der Waals surface area contributed by atoms with Crippen LogP contribution in [0.2, 0.25) is 5.02 Å². The van der Waals surface area contributed by atoms with Crippen molar-refractivity contribution < 1.29 is 5.11 Å². The Morgan fingerprint density at radius 2 is 1.95 bits per heavy atom. The van der Waals surface area contributed by atoms with E-state index in [1.165, 1.54) is 5.56 Å². The van der Waals surface area contributed by atoms with E-state index in [2.05, 4.69) is 27.9 Å². The van der Waals surface area contributed by atoms with Gasteiger partial charge in [-0.25, -0.2) is 0 Å². The number of hydrogen-bond donors (Lipinski definition) is 1. The minimum absolute atomic E-state index is 0.168. The molecule has 0 aliphatic carbocycles. The fraction of sp³-hybridized carbons (Fsp3) is 0.294. The topological polar surface area (TPSA) is 23.5 Å². The first-order valence-corrected chi connectivity index (χ1v) is 8.18. The standard InChI is InChI=1S/C17H17BrClNO/c1-20-9-8-12(14-10-11(19)6-7-15(14)18)17(20)13-4-2-3-5-16(13)21/h2-7,10,12,17,21H,8-9H2,1H3/t12-,17+/m1/s1. The van der Waals surface area contributed by atoms with E-state index in [0.717, 1.165) is 28.0 Å². The number of benzene rings is 2. The maximum Gasteiger partial charge on any atom is 0.120 e. The van der Waals surface area contributed by atoms with Crippen LogP contribution in [0.4, 0.5) is 0 Å². The molecule has 2 aromatic rings. The van der Waals surface area contributed by atoms with Gasteiger partial charge >= 0.3 is 0 Å². The van der Waals surface area contributed by atoms with Gasteiger partial charge in [-0.1, -0.05) is 45.7 Å². The van der Waals surface area contributed by atoms with Crippen LogP contribution >= 0.6 is 27.5 Å². The average Bonchev–Trinajstić information content (AvgIpc) is 2.84. The highest BCUT2D eigenvalue weighted by atomic mass is 79.9. The number of rotatable bonds is 2. The quantitative estimate of drug-likeness (QED) is 0.811. The van der Waals surface area contributed by atoms with Gasteiger partial charge in [0.15, 0.2) is 0 Å². The molecule has 2 nitrogen and oxygen atoms in total. The summed E-state index contributed by atoms with van der Waals surface area (Å²) >= 11 is 9.81. The van der Waals surface area contributed by atoms with Crippen LogP contribution in [-0.4, -0.2) is 23.6 Å². The van der Waals surface area contributed by atoms with Crippen molar-refractivity contribution in [3.8, 4) is 5.75 Å². The maximum absolute atomic E-state index is 10.2. The van der Waals surface area contributed by atoms with Crippen LogP contribution in [-0.2, 0) is 0 Å². The molecule has 1 N–H and O–H groups in total. The molecule has 0 aromatic heterocycles. The summed E-state index contributed by atoms with van der Waals surface area (Å²) in [7, 11) is 2.11. The smallest absolute Gasteiger partial charge is 0.120 e. The molecule has 2 aromatic carbocycles. The first-order chi connectivity index (χ1) is 10.1. The molecule has 3 rings (SSSR count). The highest BCUT2D eigenvalue weighted by molar-refractivity contribution is 9.10. The van der Waals surface area contributed by atoms with Crippen LogP contribution in [0.15, 0.2) is 46.9 Å². The first kappa shape index (κ1) is 14.9. The van der Waals surface area contributed by atoms with Crippen molar-refractivity contribution in [1.82, 2.24) is 4.90 Å². The highest BCUT2D eigenvalue weighted by Gasteiger charge is 2.36. The summed E-state index contributed by atoms with van der Waals surface area (Å²) < 4.78 is 1.08. The van der Waals surface area contributed by atoms with Gasteiger partial charge in [0.05, 0.1) is 0 Å². The van der Waals surface area contributed by atoms with E-state index in [1.807, 2.05) is 36.4 Å². The molecular formula is C17H17BrClNO. The predicted octanol–water partition coefficient (Wildman–Crippen LogP) is 4.97. The minimum Gasteiger partial charge on any atom is -0.508 e. The minimum atomic E-state index is 0.168. The van der Waals surface area contributed by atoms with E-state index in [1.54, 1.807) is 6.07 Å². The lowest BCUT2D eigenvalue weighted by Gasteiger charge is -2.27. The Hall–Kier alpha value is -1.03. The van der Waals surface area contributed by atoms with Gasteiger partial charge in [0, 0.05) is 27.0 Å². The lowest BCUT2D eigenvalue weighted by atomic mass is 9.87.